The molecule has 1 aromatic carbocycles. The van der Waals surface area contributed by atoms with Gasteiger partial charge in [-0.2, -0.15) is 0 Å². The number of rotatable bonds is 0. The summed E-state index contributed by atoms with van der Waals surface area (Å²) in [5, 5.41) is 0. The highest BCUT2D eigenvalue weighted by molar-refractivity contribution is 5.34. The van der Waals surface area contributed by atoms with Gasteiger partial charge in [0, 0.05) is 5.56 Å². The topological polar surface area (TPSA) is 35.2 Å². The highest BCUT2D eigenvalue weighted by atomic mass is 16.5. The normalized spacial score (nSPS) is 21.8. The summed E-state index contributed by atoms with van der Waals surface area (Å²) < 4.78 is 5.26. The Labute approximate surface area is 66.0 Å². The van der Waals surface area contributed by atoms with Crippen LogP contribution in [0.1, 0.15) is 22.9 Å². The molecule has 11 heavy (non-hydrogen) atoms. The third-order valence-corrected chi connectivity index (χ3v) is 2.03. The maximum absolute atomic E-state index is 5.69. The number of ether oxygens (including phenoxy) is 1. The van der Waals surface area contributed by atoms with Crippen molar-refractivity contribution in [3.63, 3.8) is 0 Å². The van der Waals surface area contributed by atoms with E-state index in [2.05, 4.69) is 25.1 Å². The van der Waals surface area contributed by atoms with Crippen molar-refractivity contribution < 1.29 is 4.74 Å². The molecular weight excluding hydrogens is 138 g/mol. The Morgan fingerprint density at radius 1 is 1.55 bits per heavy atom. The molecule has 0 spiro atoms. The van der Waals surface area contributed by atoms with Crippen LogP contribution in [0.25, 0.3) is 0 Å². The van der Waals surface area contributed by atoms with Gasteiger partial charge in [-0.15, -0.1) is 0 Å². The van der Waals surface area contributed by atoms with Crippen molar-refractivity contribution in [3.05, 3.63) is 34.9 Å². The van der Waals surface area contributed by atoms with E-state index in [4.69, 9.17) is 10.5 Å². The van der Waals surface area contributed by atoms with Crippen molar-refractivity contribution in [2.24, 2.45) is 5.73 Å². The molecule has 0 radical (unpaired) electrons. The molecular formula is C9H11NO. The highest BCUT2D eigenvalue weighted by Crippen LogP contribution is 2.26. The molecule has 0 fully saturated rings. The van der Waals surface area contributed by atoms with Gasteiger partial charge in [0.1, 0.15) is 6.23 Å². The fraction of sp³-hybridized carbons (Fsp3) is 0.333. The predicted molar refractivity (Wildman–Crippen MR) is 42.9 cm³/mol. The second-order valence-electron chi connectivity index (χ2n) is 2.93. The van der Waals surface area contributed by atoms with E-state index in [0.717, 1.165) is 5.56 Å². The Morgan fingerprint density at radius 2 is 2.36 bits per heavy atom. The fourth-order valence-electron chi connectivity index (χ4n) is 1.38. The van der Waals surface area contributed by atoms with E-state index >= 15 is 0 Å². The van der Waals surface area contributed by atoms with Gasteiger partial charge in [0.05, 0.1) is 6.61 Å². The van der Waals surface area contributed by atoms with Crippen LogP contribution in [-0.4, -0.2) is 0 Å². The van der Waals surface area contributed by atoms with E-state index in [1.54, 1.807) is 0 Å². The zero-order chi connectivity index (χ0) is 7.84. The number of hydrogen-bond donors (Lipinski definition) is 1. The van der Waals surface area contributed by atoms with E-state index < -0.39 is 0 Å². The van der Waals surface area contributed by atoms with Crippen molar-refractivity contribution in [2.75, 3.05) is 0 Å². The van der Waals surface area contributed by atoms with E-state index in [1.807, 2.05) is 0 Å². The average Bonchev–Trinajstić information content (AvgIpc) is 2.33. The summed E-state index contributed by atoms with van der Waals surface area (Å²) in [7, 11) is 0. The predicted octanol–water partition coefficient (Wildman–Crippen LogP) is 1.48. The number of nitrogens with two attached hydrogens (primary N) is 1. The van der Waals surface area contributed by atoms with Crippen LogP contribution in [-0.2, 0) is 11.3 Å². The van der Waals surface area contributed by atoms with Crippen LogP contribution >= 0.6 is 0 Å². The maximum atomic E-state index is 5.69. The van der Waals surface area contributed by atoms with Gasteiger partial charge in [-0.05, 0) is 12.5 Å². The summed E-state index contributed by atoms with van der Waals surface area (Å²) in [6, 6.07) is 6.25. The van der Waals surface area contributed by atoms with Crippen LogP contribution in [0.15, 0.2) is 18.2 Å². The van der Waals surface area contributed by atoms with Crippen LogP contribution < -0.4 is 5.73 Å². The van der Waals surface area contributed by atoms with Crippen molar-refractivity contribution in [3.8, 4) is 0 Å². The van der Waals surface area contributed by atoms with Crippen LogP contribution in [0.5, 0.6) is 0 Å². The van der Waals surface area contributed by atoms with Gasteiger partial charge in [0.25, 0.3) is 0 Å². The second-order valence-corrected chi connectivity index (χ2v) is 2.93. The largest absolute Gasteiger partial charge is 0.355 e. The van der Waals surface area contributed by atoms with Gasteiger partial charge in [-0.1, -0.05) is 23.8 Å². The van der Waals surface area contributed by atoms with Crippen LogP contribution in [0.3, 0.4) is 0 Å². The molecule has 1 aromatic rings. The first-order chi connectivity index (χ1) is 5.27. The van der Waals surface area contributed by atoms with Crippen LogP contribution in [0.4, 0.5) is 0 Å². The second kappa shape index (κ2) is 2.32. The van der Waals surface area contributed by atoms with Crippen molar-refractivity contribution in [1.29, 1.82) is 0 Å². The SMILES string of the molecule is Cc1ccc2c(c1)C(N)OC2. The lowest BCUT2D eigenvalue weighted by molar-refractivity contribution is 0.0710. The number of aryl methyl sites for hydroxylation is 1. The van der Waals surface area contributed by atoms with Gasteiger partial charge in [0.15, 0.2) is 0 Å². The van der Waals surface area contributed by atoms with Gasteiger partial charge < -0.3 is 10.5 Å². The third-order valence-electron chi connectivity index (χ3n) is 2.03. The van der Waals surface area contributed by atoms with E-state index in [0.29, 0.717) is 6.61 Å². The summed E-state index contributed by atoms with van der Waals surface area (Å²) in [5.41, 5.74) is 9.30. The molecule has 1 aliphatic rings. The quantitative estimate of drug-likeness (QED) is 0.606. The van der Waals surface area contributed by atoms with E-state index in [1.165, 1.54) is 11.1 Å². The zero-order valence-corrected chi connectivity index (χ0v) is 6.50. The number of hydrogen-bond acceptors (Lipinski definition) is 2. The number of fused-ring (bicyclic) bond motifs is 1. The first-order valence-electron chi connectivity index (χ1n) is 3.74. The van der Waals surface area contributed by atoms with Crippen LogP contribution in [0, 0.1) is 6.92 Å². The molecule has 0 bridgehead atoms. The molecule has 2 N–H and O–H groups in total. The van der Waals surface area contributed by atoms with Crippen LogP contribution in [0.2, 0.25) is 0 Å². The summed E-state index contributed by atoms with van der Waals surface area (Å²) in [4.78, 5) is 0. The van der Waals surface area contributed by atoms with Crippen molar-refractivity contribution in [1.82, 2.24) is 0 Å². The Hall–Kier alpha value is -0.860. The summed E-state index contributed by atoms with van der Waals surface area (Å²) in [6.45, 7) is 2.72. The Bertz CT molecular complexity index is 283. The molecule has 2 rings (SSSR count). The fourth-order valence-corrected chi connectivity index (χ4v) is 1.38. The smallest absolute Gasteiger partial charge is 0.132 e. The summed E-state index contributed by atoms with van der Waals surface area (Å²) in [6.07, 6.45) is -0.204. The monoisotopic (exact) mass is 149 g/mol. The van der Waals surface area contributed by atoms with Crippen molar-refractivity contribution >= 4 is 0 Å². The molecule has 0 amide bonds. The lowest BCUT2D eigenvalue weighted by atomic mass is 10.1. The first kappa shape index (κ1) is 6.83. The van der Waals surface area contributed by atoms with Gasteiger partial charge in [-0.25, -0.2) is 0 Å². The molecule has 1 aliphatic heterocycles. The molecule has 1 unspecified atom stereocenters. The highest BCUT2D eigenvalue weighted by Gasteiger charge is 2.18. The molecule has 0 saturated carbocycles. The van der Waals surface area contributed by atoms with Gasteiger partial charge in [-0.3, -0.25) is 0 Å². The van der Waals surface area contributed by atoms with E-state index in [-0.39, 0.29) is 6.23 Å². The van der Waals surface area contributed by atoms with Gasteiger partial charge >= 0.3 is 0 Å². The summed E-state index contributed by atoms with van der Waals surface area (Å²) in [5.74, 6) is 0. The minimum absolute atomic E-state index is 0.204. The minimum Gasteiger partial charge on any atom is -0.355 e. The molecule has 0 saturated heterocycles. The average molecular weight is 149 g/mol. The molecule has 0 aliphatic carbocycles. The zero-order valence-electron chi connectivity index (χ0n) is 6.50. The molecule has 2 nitrogen and oxygen atoms in total. The lowest BCUT2D eigenvalue weighted by Gasteiger charge is -2.03. The molecule has 2 heteroatoms. The molecule has 1 heterocycles. The molecule has 1 atom stereocenters. The minimum atomic E-state index is -0.204. The summed E-state index contributed by atoms with van der Waals surface area (Å²) >= 11 is 0. The van der Waals surface area contributed by atoms with E-state index in [9.17, 15) is 0 Å². The first-order valence-corrected chi connectivity index (χ1v) is 3.74. The molecule has 0 aromatic heterocycles. The standard InChI is InChI=1S/C9H11NO/c1-6-2-3-7-5-11-9(10)8(7)4-6/h2-4,9H,5,10H2,1H3. The Morgan fingerprint density at radius 3 is 3.18 bits per heavy atom. The Kier molecular flexibility index (Phi) is 1.44. The molecule has 58 valence electrons. The van der Waals surface area contributed by atoms with Crippen molar-refractivity contribution in [2.45, 2.75) is 19.8 Å². The lowest BCUT2D eigenvalue weighted by Crippen LogP contribution is -2.07. The maximum Gasteiger partial charge on any atom is 0.132 e. The third kappa shape index (κ3) is 1.04. The van der Waals surface area contributed by atoms with Gasteiger partial charge in [0.2, 0.25) is 0 Å². The Balaban J connectivity index is 2.52. The number of benzene rings is 1.